The molecule has 3 N–H and O–H groups in total. The Morgan fingerprint density at radius 3 is 2.75 bits per heavy atom. The maximum atomic E-state index is 11.5. The Labute approximate surface area is 95.9 Å². The summed E-state index contributed by atoms with van der Waals surface area (Å²) in [6, 6.07) is -1.08. The summed E-state index contributed by atoms with van der Waals surface area (Å²) in [6.07, 6.45) is -0.0236. The lowest BCUT2D eigenvalue weighted by Gasteiger charge is -2.11. The van der Waals surface area contributed by atoms with E-state index < -0.39 is 17.9 Å². The van der Waals surface area contributed by atoms with Crippen molar-refractivity contribution in [1.29, 1.82) is 0 Å². The fourth-order valence-electron chi connectivity index (χ4n) is 1.09. The number of carbonyl (C=O) groups is 2. The van der Waals surface area contributed by atoms with Crippen LogP contribution in [-0.2, 0) is 4.79 Å². The number of amides is 1. The van der Waals surface area contributed by atoms with Crippen molar-refractivity contribution < 1.29 is 19.8 Å². The van der Waals surface area contributed by atoms with Crippen molar-refractivity contribution in [3.63, 3.8) is 0 Å². The van der Waals surface area contributed by atoms with Crippen molar-refractivity contribution in [2.75, 3.05) is 6.61 Å². The van der Waals surface area contributed by atoms with E-state index in [9.17, 15) is 9.59 Å². The minimum Gasteiger partial charge on any atom is -0.480 e. The van der Waals surface area contributed by atoms with E-state index in [0.29, 0.717) is 0 Å². The van der Waals surface area contributed by atoms with Crippen LogP contribution in [0.15, 0.2) is 5.38 Å². The third kappa shape index (κ3) is 3.28. The number of carbonyl (C=O) groups excluding carboxylic acids is 1. The van der Waals surface area contributed by atoms with Crippen LogP contribution in [0.2, 0.25) is 0 Å². The van der Waals surface area contributed by atoms with E-state index in [1.807, 2.05) is 0 Å². The van der Waals surface area contributed by atoms with Gasteiger partial charge in [-0.1, -0.05) is 0 Å². The van der Waals surface area contributed by atoms with Crippen LogP contribution in [0.1, 0.15) is 21.9 Å². The van der Waals surface area contributed by atoms with Crippen LogP contribution in [0.5, 0.6) is 0 Å². The molecule has 1 rings (SSSR count). The number of hydrogen-bond donors (Lipinski definition) is 3. The molecule has 6 nitrogen and oxygen atoms in total. The lowest BCUT2D eigenvalue weighted by molar-refractivity contribution is -0.139. The van der Waals surface area contributed by atoms with Crippen LogP contribution in [0.4, 0.5) is 0 Å². The highest BCUT2D eigenvalue weighted by molar-refractivity contribution is 7.09. The molecule has 0 saturated carbocycles. The molecule has 88 valence electrons. The summed E-state index contributed by atoms with van der Waals surface area (Å²) in [5.74, 6) is -1.71. The van der Waals surface area contributed by atoms with Gasteiger partial charge >= 0.3 is 5.97 Å². The molecule has 0 saturated heterocycles. The lowest BCUT2D eigenvalue weighted by atomic mass is 10.2. The molecule has 1 heterocycles. The molecule has 0 unspecified atom stereocenters. The van der Waals surface area contributed by atoms with E-state index >= 15 is 0 Å². The van der Waals surface area contributed by atoms with Gasteiger partial charge in [-0.3, -0.25) is 4.79 Å². The highest BCUT2D eigenvalue weighted by atomic mass is 32.1. The molecule has 0 aromatic carbocycles. The smallest absolute Gasteiger partial charge is 0.326 e. The molecule has 0 spiro atoms. The number of rotatable bonds is 5. The van der Waals surface area contributed by atoms with Gasteiger partial charge in [0.2, 0.25) is 0 Å². The number of aromatic nitrogens is 1. The Balaban J connectivity index is 2.65. The van der Waals surface area contributed by atoms with E-state index in [2.05, 4.69) is 10.3 Å². The van der Waals surface area contributed by atoms with Gasteiger partial charge in [-0.05, 0) is 6.92 Å². The normalized spacial score (nSPS) is 12.1. The van der Waals surface area contributed by atoms with E-state index in [1.54, 1.807) is 12.3 Å². The topological polar surface area (TPSA) is 99.5 Å². The zero-order valence-electron chi connectivity index (χ0n) is 8.64. The first kappa shape index (κ1) is 12.6. The van der Waals surface area contributed by atoms with Gasteiger partial charge in [-0.2, -0.15) is 0 Å². The summed E-state index contributed by atoms with van der Waals surface area (Å²) in [5, 5.41) is 22.0. The van der Waals surface area contributed by atoms with Crippen molar-refractivity contribution in [2.45, 2.75) is 19.4 Å². The van der Waals surface area contributed by atoms with Gasteiger partial charge < -0.3 is 15.5 Å². The minimum atomic E-state index is -1.17. The monoisotopic (exact) mass is 244 g/mol. The summed E-state index contributed by atoms with van der Waals surface area (Å²) in [4.78, 5) is 26.2. The summed E-state index contributed by atoms with van der Waals surface area (Å²) >= 11 is 1.31. The third-order valence-electron chi connectivity index (χ3n) is 1.87. The number of carboxylic acids is 1. The Bertz CT molecular complexity index is 391. The number of aryl methyl sites for hydroxylation is 1. The third-order valence-corrected chi connectivity index (χ3v) is 2.65. The van der Waals surface area contributed by atoms with Gasteiger partial charge in [-0.25, -0.2) is 9.78 Å². The van der Waals surface area contributed by atoms with Crippen LogP contribution in [-0.4, -0.2) is 39.7 Å². The van der Waals surface area contributed by atoms with Gasteiger partial charge in [0.15, 0.2) is 0 Å². The summed E-state index contributed by atoms with van der Waals surface area (Å²) in [6.45, 7) is 1.46. The Kier molecular flexibility index (Phi) is 4.39. The van der Waals surface area contributed by atoms with Gasteiger partial charge in [0.25, 0.3) is 5.91 Å². The van der Waals surface area contributed by atoms with Crippen molar-refractivity contribution >= 4 is 23.2 Å². The molecule has 16 heavy (non-hydrogen) atoms. The predicted octanol–water partition coefficient (Wildman–Crippen LogP) is 0.0169. The van der Waals surface area contributed by atoms with Gasteiger partial charge in [-0.15, -0.1) is 11.3 Å². The Hall–Kier alpha value is -1.47. The average Bonchev–Trinajstić information content (AvgIpc) is 2.64. The SMILES string of the molecule is Cc1nc(C(=O)N[C@@H](CCO)C(=O)O)cs1. The van der Waals surface area contributed by atoms with Crippen molar-refractivity contribution in [3.8, 4) is 0 Å². The van der Waals surface area contributed by atoms with Crippen molar-refractivity contribution in [3.05, 3.63) is 16.1 Å². The molecule has 0 aliphatic carbocycles. The molecule has 1 aromatic heterocycles. The molecule has 1 amide bonds. The summed E-state index contributed by atoms with van der Waals surface area (Å²) < 4.78 is 0. The van der Waals surface area contributed by atoms with E-state index in [4.69, 9.17) is 10.2 Å². The van der Waals surface area contributed by atoms with Gasteiger partial charge in [0.1, 0.15) is 11.7 Å². The standard InChI is InChI=1S/C9H12N2O4S/c1-5-10-7(4-16-5)8(13)11-6(2-3-12)9(14)15/h4,6,12H,2-3H2,1H3,(H,11,13)(H,14,15)/t6-/m0/s1. The minimum absolute atomic E-state index is 0.0236. The number of aliphatic hydroxyl groups excluding tert-OH is 1. The van der Waals surface area contributed by atoms with Gasteiger partial charge in [0, 0.05) is 18.4 Å². The molecular weight excluding hydrogens is 232 g/mol. The number of hydrogen-bond acceptors (Lipinski definition) is 5. The number of nitrogens with zero attached hydrogens (tertiary/aromatic N) is 1. The van der Waals surface area contributed by atoms with Crippen LogP contribution < -0.4 is 5.32 Å². The largest absolute Gasteiger partial charge is 0.480 e. The molecule has 1 atom stereocenters. The molecule has 0 fully saturated rings. The number of aliphatic hydroxyl groups is 1. The highest BCUT2D eigenvalue weighted by Crippen LogP contribution is 2.08. The second kappa shape index (κ2) is 5.57. The van der Waals surface area contributed by atoms with Crippen molar-refractivity contribution in [1.82, 2.24) is 10.3 Å². The highest BCUT2D eigenvalue weighted by Gasteiger charge is 2.20. The van der Waals surface area contributed by atoms with Gasteiger partial charge in [0.05, 0.1) is 5.01 Å². The second-order valence-corrected chi connectivity index (χ2v) is 4.19. The maximum Gasteiger partial charge on any atom is 0.326 e. The fourth-order valence-corrected chi connectivity index (χ4v) is 1.68. The molecule has 0 radical (unpaired) electrons. The Morgan fingerprint density at radius 2 is 2.31 bits per heavy atom. The molecule has 0 aliphatic rings. The molecule has 7 heteroatoms. The number of aliphatic carboxylic acids is 1. The lowest BCUT2D eigenvalue weighted by Crippen LogP contribution is -2.41. The molecular formula is C9H12N2O4S. The van der Waals surface area contributed by atoms with E-state index in [0.717, 1.165) is 5.01 Å². The zero-order valence-corrected chi connectivity index (χ0v) is 9.45. The first-order valence-corrected chi connectivity index (χ1v) is 5.49. The van der Waals surface area contributed by atoms with E-state index in [-0.39, 0.29) is 18.7 Å². The van der Waals surface area contributed by atoms with Crippen LogP contribution >= 0.6 is 11.3 Å². The average molecular weight is 244 g/mol. The Morgan fingerprint density at radius 1 is 1.62 bits per heavy atom. The predicted molar refractivity (Wildman–Crippen MR) is 57.4 cm³/mol. The quantitative estimate of drug-likeness (QED) is 0.678. The van der Waals surface area contributed by atoms with Crippen molar-refractivity contribution in [2.24, 2.45) is 0 Å². The zero-order chi connectivity index (χ0) is 12.1. The second-order valence-electron chi connectivity index (χ2n) is 3.13. The molecule has 0 aliphatic heterocycles. The van der Waals surface area contributed by atoms with Crippen LogP contribution in [0.3, 0.4) is 0 Å². The first-order chi connectivity index (χ1) is 7.54. The summed E-state index contributed by atoms with van der Waals surface area (Å²) in [7, 11) is 0. The van der Waals surface area contributed by atoms with Crippen LogP contribution in [0, 0.1) is 6.92 Å². The number of carboxylic acid groups (broad SMARTS) is 1. The molecule has 1 aromatic rings. The summed E-state index contributed by atoms with van der Waals surface area (Å²) in [5.41, 5.74) is 0.201. The first-order valence-electron chi connectivity index (χ1n) is 4.61. The fraction of sp³-hybridized carbons (Fsp3) is 0.444. The van der Waals surface area contributed by atoms with E-state index in [1.165, 1.54) is 11.3 Å². The molecule has 0 bridgehead atoms. The number of thiazole rings is 1. The number of nitrogens with one attached hydrogen (secondary N) is 1. The maximum absolute atomic E-state index is 11.5. The van der Waals surface area contributed by atoms with Crippen LogP contribution in [0.25, 0.3) is 0 Å².